The van der Waals surface area contributed by atoms with E-state index in [2.05, 4.69) is 39.1 Å². The first-order valence-electron chi connectivity index (χ1n) is 7.04. The molecule has 1 aromatic carbocycles. The molecule has 1 unspecified atom stereocenters. The van der Waals surface area contributed by atoms with Crippen LogP contribution in [-0.2, 0) is 9.31 Å². The van der Waals surface area contributed by atoms with Crippen molar-refractivity contribution in [2.75, 3.05) is 27.2 Å². The fourth-order valence-electron chi connectivity index (χ4n) is 2.19. The highest BCUT2D eigenvalue weighted by Crippen LogP contribution is 2.21. The van der Waals surface area contributed by atoms with Crippen LogP contribution in [0.3, 0.4) is 0 Å². The lowest BCUT2D eigenvalue weighted by Crippen LogP contribution is -2.31. The summed E-state index contributed by atoms with van der Waals surface area (Å²) in [5, 5.41) is 0. The zero-order valence-corrected chi connectivity index (χ0v) is 13.0. The third kappa shape index (κ3) is 4.29. The maximum atomic E-state index is 5.79. The number of ether oxygens (including phenoxy) is 1. The minimum atomic E-state index is -0.452. The van der Waals surface area contributed by atoms with E-state index in [1.807, 2.05) is 24.3 Å². The van der Waals surface area contributed by atoms with Crippen molar-refractivity contribution in [1.29, 1.82) is 0 Å². The van der Waals surface area contributed by atoms with Gasteiger partial charge in [-0.1, -0.05) is 32.2 Å². The summed E-state index contributed by atoms with van der Waals surface area (Å²) in [4.78, 5) is 2.16. The van der Waals surface area contributed by atoms with Gasteiger partial charge >= 0.3 is 7.12 Å². The van der Waals surface area contributed by atoms with Gasteiger partial charge in [-0.2, -0.15) is 0 Å². The van der Waals surface area contributed by atoms with Gasteiger partial charge in [0.2, 0.25) is 0 Å². The van der Waals surface area contributed by atoms with Crippen LogP contribution in [0.5, 0.6) is 5.75 Å². The molecular weight excluding hydrogens is 265 g/mol. The molecule has 21 heavy (non-hydrogen) atoms. The van der Waals surface area contributed by atoms with E-state index in [9.17, 15) is 0 Å². The minimum Gasteiger partial charge on any atom is -0.520 e. The Morgan fingerprint density at radius 2 is 1.71 bits per heavy atom. The summed E-state index contributed by atoms with van der Waals surface area (Å²) in [5.41, 5.74) is 0.920. The Morgan fingerprint density at radius 3 is 2.24 bits per heavy atom. The summed E-state index contributed by atoms with van der Waals surface area (Å²) in [7, 11) is 3.68. The van der Waals surface area contributed by atoms with Crippen molar-refractivity contribution in [3.63, 3.8) is 0 Å². The van der Waals surface area contributed by atoms with Gasteiger partial charge in [0.1, 0.15) is 17.3 Å². The second-order valence-electron chi connectivity index (χ2n) is 5.66. The molecule has 0 N–H and O–H groups in total. The largest absolute Gasteiger partial charge is 0.632 e. The van der Waals surface area contributed by atoms with Crippen molar-refractivity contribution in [2.45, 2.75) is 6.92 Å². The van der Waals surface area contributed by atoms with E-state index in [1.54, 1.807) is 0 Å². The maximum absolute atomic E-state index is 5.79. The zero-order chi connectivity index (χ0) is 15.4. The lowest BCUT2D eigenvalue weighted by molar-refractivity contribution is 0.222. The second kappa shape index (κ2) is 6.72. The molecule has 1 aliphatic rings. The molecule has 1 aromatic rings. The Morgan fingerprint density at radius 1 is 1.14 bits per heavy atom. The molecule has 1 fully saturated rings. The minimum absolute atomic E-state index is 0.452. The van der Waals surface area contributed by atoms with E-state index >= 15 is 0 Å². The Kier molecular flexibility index (Phi) is 4.96. The monoisotopic (exact) mass is 287 g/mol. The molecule has 1 atom stereocenters. The van der Waals surface area contributed by atoms with Gasteiger partial charge in [0.15, 0.2) is 0 Å². The van der Waals surface area contributed by atoms with Crippen LogP contribution in [0.1, 0.15) is 6.92 Å². The van der Waals surface area contributed by atoms with Gasteiger partial charge in [-0.15, -0.1) is 0 Å². The highest BCUT2D eigenvalue weighted by atomic mass is 16.6. The van der Waals surface area contributed by atoms with Crippen molar-refractivity contribution in [3.8, 4) is 5.75 Å². The van der Waals surface area contributed by atoms with Gasteiger partial charge in [-0.3, -0.25) is 0 Å². The molecule has 4 nitrogen and oxygen atoms in total. The van der Waals surface area contributed by atoms with E-state index in [-0.39, 0.29) is 0 Å². The molecule has 0 radical (unpaired) electrons. The molecule has 2 rings (SSSR count). The Balaban J connectivity index is 1.88. The molecular formula is C16H22BNO3. The molecule has 0 aliphatic carbocycles. The van der Waals surface area contributed by atoms with Crippen molar-refractivity contribution in [2.24, 2.45) is 5.92 Å². The van der Waals surface area contributed by atoms with Crippen molar-refractivity contribution in [3.05, 3.63) is 48.9 Å². The fraction of sp³-hybridized carbons (Fsp3) is 0.375. The van der Waals surface area contributed by atoms with Gasteiger partial charge in [0, 0.05) is 17.9 Å². The average Bonchev–Trinajstić information content (AvgIpc) is 2.76. The van der Waals surface area contributed by atoms with E-state index in [4.69, 9.17) is 14.0 Å². The number of hydrogen-bond acceptors (Lipinski definition) is 4. The highest BCUT2D eigenvalue weighted by Gasteiger charge is 2.34. The SMILES string of the molecule is C=C1OB(c2ccc(OCC(C)CN(C)C)cc2)OC1=C. The van der Waals surface area contributed by atoms with Crippen molar-refractivity contribution < 1.29 is 14.0 Å². The second-order valence-corrected chi connectivity index (χ2v) is 5.66. The summed E-state index contributed by atoms with van der Waals surface area (Å²) in [5.74, 6) is 2.29. The predicted molar refractivity (Wildman–Crippen MR) is 85.5 cm³/mol. The number of nitrogens with zero attached hydrogens (tertiary/aromatic N) is 1. The lowest BCUT2D eigenvalue weighted by Gasteiger charge is -2.17. The van der Waals surface area contributed by atoms with E-state index in [0.29, 0.717) is 24.0 Å². The smallest absolute Gasteiger partial charge is 0.520 e. The zero-order valence-electron chi connectivity index (χ0n) is 13.0. The van der Waals surface area contributed by atoms with Crippen molar-refractivity contribution >= 4 is 12.6 Å². The molecule has 0 amide bonds. The molecule has 5 heteroatoms. The summed E-state index contributed by atoms with van der Waals surface area (Å²) < 4.78 is 16.7. The standard InChI is InChI=1S/C16H22BNO3/c1-12(10-18(4)5)11-19-16-8-6-15(7-9-16)17-20-13(2)14(3)21-17/h6-9,12H,2-3,10-11H2,1,4-5H3. The average molecular weight is 287 g/mol. The van der Waals surface area contributed by atoms with Crippen LogP contribution in [0.25, 0.3) is 0 Å². The Bertz CT molecular complexity index is 497. The number of rotatable bonds is 6. The molecule has 1 heterocycles. The van der Waals surface area contributed by atoms with Crippen LogP contribution in [0.15, 0.2) is 48.9 Å². The molecule has 1 aliphatic heterocycles. The van der Waals surface area contributed by atoms with Crippen molar-refractivity contribution in [1.82, 2.24) is 4.90 Å². The lowest BCUT2D eigenvalue weighted by atomic mass is 9.79. The van der Waals surface area contributed by atoms with Crippen LogP contribution in [0.4, 0.5) is 0 Å². The van der Waals surface area contributed by atoms with E-state index in [0.717, 1.165) is 17.8 Å². The first kappa shape index (κ1) is 15.5. The van der Waals surface area contributed by atoms with E-state index in [1.165, 1.54) is 0 Å². The van der Waals surface area contributed by atoms with Gasteiger partial charge in [0.25, 0.3) is 0 Å². The molecule has 0 spiro atoms. The fourth-order valence-corrected chi connectivity index (χ4v) is 2.19. The number of hydrogen-bond donors (Lipinski definition) is 0. The van der Waals surface area contributed by atoms with Crippen LogP contribution in [-0.4, -0.2) is 39.3 Å². The summed E-state index contributed by atoms with van der Waals surface area (Å²) in [6, 6.07) is 7.72. The summed E-state index contributed by atoms with van der Waals surface area (Å²) >= 11 is 0. The molecule has 0 aromatic heterocycles. The first-order chi connectivity index (χ1) is 9.95. The molecule has 112 valence electrons. The summed E-state index contributed by atoms with van der Waals surface area (Å²) in [6.45, 7) is 11.3. The van der Waals surface area contributed by atoms with Gasteiger partial charge in [-0.05, 0) is 26.2 Å². The normalized spacial score (nSPS) is 15.9. The van der Waals surface area contributed by atoms with Crippen LogP contribution in [0.2, 0.25) is 0 Å². The topological polar surface area (TPSA) is 30.9 Å². The molecule has 1 saturated heterocycles. The molecule has 0 bridgehead atoms. The summed E-state index contributed by atoms with van der Waals surface area (Å²) in [6.07, 6.45) is 0. The maximum Gasteiger partial charge on any atom is 0.632 e. The van der Waals surface area contributed by atoms with Gasteiger partial charge in [-0.25, -0.2) is 0 Å². The van der Waals surface area contributed by atoms with Crippen LogP contribution < -0.4 is 10.2 Å². The Hall–Kier alpha value is -1.88. The van der Waals surface area contributed by atoms with Gasteiger partial charge < -0.3 is 18.9 Å². The highest BCUT2D eigenvalue weighted by molar-refractivity contribution is 6.62. The van der Waals surface area contributed by atoms with Crippen LogP contribution >= 0.6 is 0 Å². The first-order valence-corrected chi connectivity index (χ1v) is 7.04. The van der Waals surface area contributed by atoms with Gasteiger partial charge in [0.05, 0.1) is 6.61 Å². The third-order valence-electron chi connectivity index (χ3n) is 3.17. The van der Waals surface area contributed by atoms with Crippen LogP contribution in [0, 0.1) is 5.92 Å². The predicted octanol–water partition coefficient (Wildman–Crippen LogP) is 2.03. The number of benzene rings is 1. The molecule has 0 saturated carbocycles. The Labute approximate surface area is 127 Å². The quantitative estimate of drug-likeness (QED) is 0.749. The van der Waals surface area contributed by atoms with E-state index < -0.39 is 7.12 Å². The third-order valence-corrected chi connectivity index (χ3v) is 3.17.